The van der Waals surface area contributed by atoms with E-state index in [0.29, 0.717) is 6.54 Å². The number of carbonyl (C=O) groups is 1. The summed E-state index contributed by atoms with van der Waals surface area (Å²) in [5, 5.41) is 2.76. The molecule has 0 saturated carbocycles. The number of nitrogens with zero attached hydrogens (tertiary/aromatic N) is 1. The van der Waals surface area contributed by atoms with Crippen molar-refractivity contribution in [1.82, 2.24) is 10.2 Å². The topological polar surface area (TPSA) is 41.6 Å². The third kappa shape index (κ3) is 4.39. The Kier molecular flexibility index (Phi) is 5.25. The van der Waals surface area contributed by atoms with E-state index in [-0.39, 0.29) is 5.91 Å². The molecule has 1 heterocycles. The van der Waals surface area contributed by atoms with Crippen LogP contribution < -0.4 is 5.32 Å². The molecule has 4 heteroatoms. The number of hydrogen-bond acceptors (Lipinski definition) is 3. The molecule has 0 aromatic carbocycles. The van der Waals surface area contributed by atoms with Crippen LogP contribution in [0, 0.1) is 0 Å². The van der Waals surface area contributed by atoms with E-state index in [2.05, 4.69) is 16.8 Å². The second-order valence-electron chi connectivity index (χ2n) is 3.30. The van der Waals surface area contributed by atoms with Gasteiger partial charge in [-0.05, 0) is 12.5 Å². The molecule has 1 aliphatic rings. The largest absolute Gasteiger partial charge is 0.380 e. The van der Waals surface area contributed by atoms with Gasteiger partial charge in [-0.1, -0.05) is 6.58 Å². The Bertz CT molecular complexity index is 187. The average Bonchev–Trinajstić information content (AvgIpc) is 2.46. The van der Waals surface area contributed by atoms with Gasteiger partial charge in [-0.25, -0.2) is 0 Å². The van der Waals surface area contributed by atoms with Crippen molar-refractivity contribution in [2.75, 3.05) is 39.4 Å². The predicted octanol–water partition coefficient (Wildman–Crippen LogP) is 0.0109. The number of amides is 1. The first kappa shape index (κ1) is 11.2. The highest BCUT2D eigenvalue weighted by Gasteiger charge is 2.08. The summed E-state index contributed by atoms with van der Waals surface area (Å²) >= 11 is 0. The van der Waals surface area contributed by atoms with E-state index in [1.165, 1.54) is 6.08 Å². The van der Waals surface area contributed by atoms with Gasteiger partial charge in [0, 0.05) is 32.8 Å². The molecule has 1 saturated heterocycles. The maximum absolute atomic E-state index is 10.8. The summed E-state index contributed by atoms with van der Waals surface area (Å²) in [7, 11) is 0. The Balaban J connectivity index is 2.10. The average molecular weight is 198 g/mol. The van der Waals surface area contributed by atoms with E-state index in [0.717, 1.165) is 39.3 Å². The Hall–Kier alpha value is -0.870. The van der Waals surface area contributed by atoms with E-state index in [4.69, 9.17) is 4.74 Å². The molecule has 0 spiro atoms. The molecule has 14 heavy (non-hydrogen) atoms. The third-order valence-electron chi connectivity index (χ3n) is 2.23. The Labute approximate surface area is 84.9 Å². The maximum atomic E-state index is 10.8. The van der Waals surface area contributed by atoms with Gasteiger partial charge in [0.2, 0.25) is 5.91 Å². The second kappa shape index (κ2) is 6.56. The molecule has 0 aromatic heterocycles. The van der Waals surface area contributed by atoms with E-state index in [9.17, 15) is 4.79 Å². The van der Waals surface area contributed by atoms with Gasteiger partial charge in [0.15, 0.2) is 0 Å². The third-order valence-corrected chi connectivity index (χ3v) is 2.23. The lowest BCUT2D eigenvalue weighted by atomic mass is 10.4. The molecule has 0 atom stereocenters. The van der Waals surface area contributed by atoms with Crippen molar-refractivity contribution in [1.29, 1.82) is 0 Å². The zero-order valence-corrected chi connectivity index (χ0v) is 8.50. The predicted molar refractivity (Wildman–Crippen MR) is 55.1 cm³/mol. The van der Waals surface area contributed by atoms with Crippen molar-refractivity contribution in [3.63, 3.8) is 0 Å². The molecule has 80 valence electrons. The highest BCUT2D eigenvalue weighted by atomic mass is 16.5. The molecule has 0 unspecified atom stereocenters. The standard InChI is InChI=1S/C10H18N2O2/c1-2-10(13)11-4-6-12-5-3-8-14-9-7-12/h2H,1,3-9H2,(H,11,13). The van der Waals surface area contributed by atoms with Crippen LogP contribution in [0.2, 0.25) is 0 Å². The summed E-state index contributed by atoms with van der Waals surface area (Å²) in [5.74, 6) is -0.101. The molecule has 0 radical (unpaired) electrons. The molecule has 1 aliphatic heterocycles. The van der Waals surface area contributed by atoms with Crippen LogP contribution >= 0.6 is 0 Å². The van der Waals surface area contributed by atoms with Crippen molar-refractivity contribution in [3.05, 3.63) is 12.7 Å². The zero-order valence-electron chi connectivity index (χ0n) is 8.50. The van der Waals surface area contributed by atoms with Crippen molar-refractivity contribution >= 4 is 5.91 Å². The number of carbonyl (C=O) groups excluding carboxylic acids is 1. The number of nitrogens with one attached hydrogen (secondary N) is 1. The fraction of sp³-hybridized carbons (Fsp3) is 0.700. The molecule has 4 nitrogen and oxygen atoms in total. The fourth-order valence-corrected chi connectivity index (χ4v) is 1.43. The first-order valence-electron chi connectivity index (χ1n) is 5.03. The summed E-state index contributed by atoms with van der Waals surface area (Å²) in [4.78, 5) is 13.2. The highest BCUT2D eigenvalue weighted by Crippen LogP contribution is 1.97. The van der Waals surface area contributed by atoms with Crippen LogP contribution in [0.1, 0.15) is 6.42 Å². The normalized spacial score (nSPS) is 18.6. The van der Waals surface area contributed by atoms with E-state index in [1.54, 1.807) is 0 Å². The molecular weight excluding hydrogens is 180 g/mol. The molecule has 1 fully saturated rings. The molecule has 0 bridgehead atoms. The van der Waals surface area contributed by atoms with Crippen molar-refractivity contribution in [2.24, 2.45) is 0 Å². The lowest BCUT2D eigenvalue weighted by Crippen LogP contribution is -2.35. The minimum atomic E-state index is -0.101. The minimum Gasteiger partial charge on any atom is -0.380 e. The second-order valence-corrected chi connectivity index (χ2v) is 3.30. The number of ether oxygens (including phenoxy) is 1. The van der Waals surface area contributed by atoms with E-state index < -0.39 is 0 Å². The smallest absolute Gasteiger partial charge is 0.243 e. The zero-order chi connectivity index (χ0) is 10.2. The molecule has 1 N–H and O–H groups in total. The van der Waals surface area contributed by atoms with Gasteiger partial charge in [-0.2, -0.15) is 0 Å². The molecule has 1 amide bonds. The monoisotopic (exact) mass is 198 g/mol. The summed E-state index contributed by atoms with van der Waals surface area (Å²) in [6.07, 6.45) is 2.38. The Morgan fingerprint density at radius 1 is 1.50 bits per heavy atom. The molecule has 1 rings (SSSR count). The van der Waals surface area contributed by atoms with Gasteiger partial charge < -0.3 is 10.1 Å². The molecule has 0 aromatic rings. The van der Waals surface area contributed by atoms with Crippen molar-refractivity contribution in [3.8, 4) is 0 Å². The number of hydrogen-bond donors (Lipinski definition) is 1. The summed E-state index contributed by atoms with van der Waals surface area (Å²) in [5.41, 5.74) is 0. The van der Waals surface area contributed by atoms with Crippen LogP contribution in [0.5, 0.6) is 0 Å². The summed E-state index contributed by atoms with van der Waals surface area (Å²) in [6.45, 7) is 8.65. The van der Waals surface area contributed by atoms with Crippen LogP contribution in [0.15, 0.2) is 12.7 Å². The van der Waals surface area contributed by atoms with Crippen LogP contribution in [-0.2, 0) is 9.53 Å². The van der Waals surface area contributed by atoms with Gasteiger partial charge in [-0.3, -0.25) is 9.69 Å². The molecule has 0 aliphatic carbocycles. The van der Waals surface area contributed by atoms with Crippen LogP contribution in [0.25, 0.3) is 0 Å². The van der Waals surface area contributed by atoms with Gasteiger partial charge in [0.1, 0.15) is 0 Å². The Morgan fingerprint density at radius 3 is 3.14 bits per heavy atom. The van der Waals surface area contributed by atoms with Crippen molar-refractivity contribution in [2.45, 2.75) is 6.42 Å². The molecular formula is C10H18N2O2. The quantitative estimate of drug-likeness (QED) is 0.647. The van der Waals surface area contributed by atoms with Crippen LogP contribution in [0.3, 0.4) is 0 Å². The van der Waals surface area contributed by atoms with E-state index >= 15 is 0 Å². The van der Waals surface area contributed by atoms with Gasteiger partial charge in [-0.15, -0.1) is 0 Å². The van der Waals surface area contributed by atoms with Crippen LogP contribution in [0.4, 0.5) is 0 Å². The maximum Gasteiger partial charge on any atom is 0.243 e. The summed E-state index contributed by atoms with van der Waals surface area (Å²) < 4.78 is 5.33. The minimum absolute atomic E-state index is 0.101. The fourth-order valence-electron chi connectivity index (χ4n) is 1.43. The lowest BCUT2D eigenvalue weighted by Gasteiger charge is -2.18. The van der Waals surface area contributed by atoms with Crippen molar-refractivity contribution < 1.29 is 9.53 Å². The first-order chi connectivity index (χ1) is 6.83. The Morgan fingerprint density at radius 2 is 2.36 bits per heavy atom. The summed E-state index contributed by atoms with van der Waals surface area (Å²) in [6, 6.07) is 0. The van der Waals surface area contributed by atoms with Gasteiger partial charge in [0.05, 0.1) is 6.61 Å². The van der Waals surface area contributed by atoms with Gasteiger partial charge >= 0.3 is 0 Å². The van der Waals surface area contributed by atoms with E-state index in [1.807, 2.05) is 0 Å². The van der Waals surface area contributed by atoms with Crippen LogP contribution in [-0.4, -0.2) is 50.2 Å². The lowest BCUT2D eigenvalue weighted by molar-refractivity contribution is -0.116. The number of rotatable bonds is 4. The highest BCUT2D eigenvalue weighted by molar-refractivity contribution is 5.86. The van der Waals surface area contributed by atoms with Gasteiger partial charge in [0.25, 0.3) is 0 Å². The SMILES string of the molecule is C=CC(=O)NCCN1CCCOCC1. The first-order valence-corrected chi connectivity index (χ1v) is 5.03.